The first-order valence-corrected chi connectivity index (χ1v) is 8.57. The van der Waals surface area contributed by atoms with Crippen molar-refractivity contribution in [1.82, 2.24) is 4.90 Å². The number of carbonyl (C=O) groups is 3. The van der Waals surface area contributed by atoms with Crippen molar-refractivity contribution in [2.45, 2.75) is 19.3 Å². The highest BCUT2D eigenvalue weighted by atomic mass is 32.2. The lowest BCUT2D eigenvalue weighted by molar-refractivity contribution is -0.143. The minimum atomic E-state index is -0.635. The first-order chi connectivity index (χ1) is 11.6. The molecule has 3 heterocycles. The average Bonchev–Trinajstić information content (AvgIpc) is 3.16. The van der Waals surface area contributed by atoms with Gasteiger partial charge in [-0.05, 0) is 37.1 Å². The van der Waals surface area contributed by atoms with Crippen LogP contribution in [0.25, 0.3) is 6.08 Å². The van der Waals surface area contributed by atoms with Gasteiger partial charge in [0.05, 0.1) is 12.0 Å². The number of hydrogen-bond donors (Lipinski definition) is 0. The van der Waals surface area contributed by atoms with Gasteiger partial charge in [0.2, 0.25) is 0 Å². The molecule has 2 aliphatic rings. The van der Waals surface area contributed by atoms with Crippen LogP contribution in [0.3, 0.4) is 0 Å². The highest BCUT2D eigenvalue weighted by Gasteiger charge is 2.36. The number of rotatable bonds is 4. The number of amides is 2. The largest absolute Gasteiger partial charge is 0.468 e. The standard InChI is InChI=1S/C16H18N2O5S/c1-22-14(19)10-18-15(20)12(24-16(18)21)9-11-5-6-13(23-11)17-7-3-2-4-8-17/h5-6,9H,2-4,7-8,10H2,1H3/b12-9-. The van der Waals surface area contributed by atoms with E-state index in [-0.39, 0.29) is 11.4 Å². The number of methoxy groups -OCH3 is 1. The average molecular weight is 350 g/mol. The summed E-state index contributed by atoms with van der Waals surface area (Å²) < 4.78 is 10.3. The molecule has 2 fully saturated rings. The lowest BCUT2D eigenvalue weighted by Crippen LogP contribution is -2.34. The molecule has 0 N–H and O–H groups in total. The molecule has 24 heavy (non-hydrogen) atoms. The zero-order valence-corrected chi connectivity index (χ0v) is 14.1. The van der Waals surface area contributed by atoms with Crippen molar-refractivity contribution in [3.63, 3.8) is 0 Å². The lowest BCUT2D eigenvalue weighted by Gasteiger charge is -2.25. The SMILES string of the molecule is COC(=O)CN1C(=O)S/C(=C\c2ccc(N3CCCCC3)o2)C1=O. The third-order valence-corrected chi connectivity index (χ3v) is 4.85. The number of furan rings is 1. The van der Waals surface area contributed by atoms with Crippen LogP contribution in [-0.2, 0) is 14.3 Å². The number of thioether (sulfide) groups is 1. The van der Waals surface area contributed by atoms with Gasteiger partial charge in [0.25, 0.3) is 11.1 Å². The maximum absolute atomic E-state index is 12.2. The van der Waals surface area contributed by atoms with Crippen molar-refractivity contribution in [1.29, 1.82) is 0 Å². The topological polar surface area (TPSA) is 80.1 Å². The van der Waals surface area contributed by atoms with Crippen LogP contribution in [0.2, 0.25) is 0 Å². The zero-order chi connectivity index (χ0) is 17.1. The molecule has 2 amide bonds. The Hall–Kier alpha value is -2.22. The van der Waals surface area contributed by atoms with Gasteiger partial charge in [-0.3, -0.25) is 19.3 Å². The number of imide groups is 1. The molecule has 0 unspecified atom stereocenters. The van der Waals surface area contributed by atoms with Crippen LogP contribution >= 0.6 is 11.8 Å². The van der Waals surface area contributed by atoms with Crippen LogP contribution in [0.1, 0.15) is 25.0 Å². The third-order valence-electron chi connectivity index (χ3n) is 3.94. The van der Waals surface area contributed by atoms with Crippen LogP contribution in [0.4, 0.5) is 10.7 Å². The molecule has 2 aliphatic heterocycles. The molecule has 1 aromatic heterocycles. The van der Waals surface area contributed by atoms with Crippen LogP contribution in [-0.4, -0.2) is 48.8 Å². The van der Waals surface area contributed by atoms with Crippen LogP contribution in [0.15, 0.2) is 21.5 Å². The summed E-state index contributed by atoms with van der Waals surface area (Å²) in [6.07, 6.45) is 5.05. The van der Waals surface area contributed by atoms with E-state index >= 15 is 0 Å². The van der Waals surface area contributed by atoms with Crippen LogP contribution < -0.4 is 4.90 Å². The van der Waals surface area contributed by atoms with Gasteiger partial charge in [0.1, 0.15) is 12.3 Å². The predicted molar refractivity (Wildman–Crippen MR) is 89.5 cm³/mol. The maximum Gasteiger partial charge on any atom is 0.325 e. The summed E-state index contributed by atoms with van der Waals surface area (Å²) in [4.78, 5) is 38.7. The summed E-state index contributed by atoms with van der Waals surface area (Å²) in [7, 11) is 1.21. The summed E-state index contributed by atoms with van der Waals surface area (Å²) in [5.41, 5.74) is 0. The highest BCUT2D eigenvalue weighted by Crippen LogP contribution is 2.33. The minimum Gasteiger partial charge on any atom is -0.468 e. The highest BCUT2D eigenvalue weighted by molar-refractivity contribution is 8.18. The molecule has 0 saturated carbocycles. The fourth-order valence-corrected chi connectivity index (χ4v) is 3.48. The Balaban J connectivity index is 1.72. The molecule has 0 atom stereocenters. The van der Waals surface area contributed by atoms with Crippen molar-refractivity contribution in [2.24, 2.45) is 0 Å². The molecule has 3 rings (SSSR count). The Bertz CT molecular complexity index is 690. The molecule has 7 nitrogen and oxygen atoms in total. The fraction of sp³-hybridized carbons (Fsp3) is 0.438. The van der Waals surface area contributed by atoms with Gasteiger partial charge in [0, 0.05) is 25.2 Å². The zero-order valence-electron chi connectivity index (χ0n) is 13.3. The summed E-state index contributed by atoms with van der Waals surface area (Å²) in [6, 6.07) is 3.65. The normalized spacial score (nSPS) is 20.1. The van der Waals surface area contributed by atoms with Crippen molar-refractivity contribution in [3.8, 4) is 0 Å². The molecule has 2 saturated heterocycles. The van der Waals surface area contributed by atoms with Gasteiger partial charge >= 0.3 is 5.97 Å². The first kappa shape index (κ1) is 16.6. The molecule has 0 aliphatic carbocycles. The number of ether oxygens (including phenoxy) is 1. The van der Waals surface area contributed by atoms with Crippen molar-refractivity contribution >= 4 is 40.8 Å². The van der Waals surface area contributed by atoms with Crippen molar-refractivity contribution in [3.05, 3.63) is 22.8 Å². The first-order valence-electron chi connectivity index (χ1n) is 7.75. The number of esters is 1. The Morgan fingerprint density at radius 3 is 2.75 bits per heavy atom. The van der Waals surface area contributed by atoms with E-state index in [0.717, 1.165) is 48.5 Å². The third kappa shape index (κ3) is 3.48. The second-order valence-corrected chi connectivity index (χ2v) is 6.56. The van der Waals surface area contributed by atoms with E-state index in [4.69, 9.17) is 4.42 Å². The summed E-state index contributed by atoms with van der Waals surface area (Å²) in [5, 5.41) is -0.487. The van der Waals surface area contributed by atoms with Gasteiger partial charge < -0.3 is 14.1 Å². The summed E-state index contributed by atoms with van der Waals surface area (Å²) in [5.74, 6) is 0.143. The molecule has 0 bridgehead atoms. The van der Waals surface area contributed by atoms with E-state index in [0.29, 0.717) is 5.76 Å². The molecular formula is C16H18N2O5S. The molecule has 0 radical (unpaired) electrons. The number of nitrogens with zero attached hydrogens (tertiary/aromatic N) is 2. The Morgan fingerprint density at radius 2 is 2.04 bits per heavy atom. The van der Waals surface area contributed by atoms with E-state index < -0.39 is 17.1 Å². The summed E-state index contributed by atoms with van der Waals surface area (Å²) >= 11 is 0.791. The van der Waals surface area contributed by atoms with E-state index in [2.05, 4.69) is 9.64 Å². The molecule has 1 aromatic rings. The van der Waals surface area contributed by atoms with E-state index in [1.54, 1.807) is 6.07 Å². The second kappa shape index (κ2) is 7.12. The van der Waals surface area contributed by atoms with Gasteiger partial charge in [-0.25, -0.2) is 0 Å². The van der Waals surface area contributed by atoms with Gasteiger partial charge in [-0.2, -0.15) is 0 Å². The van der Waals surface area contributed by atoms with E-state index in [1.165, 1.54) is 19.6 Å². The number of hydrogen-bond acceptors (Lipinski definition) is 7. The van der Waals surface area contributed by atoms with E-state index in [1.807, 2.05) is 6.07 Å². The van der Waals surface area contributed by atoms with E-state index in [9.17, 15) is 14.4 Å². The lowest BCUT2D eigenvalue weighted by atomic mass is 10.1. The predicted octanol–water partition coefficient (Wildman–Crippen LogP) is 2.48. The maximum atomic E-state index is 12.2. The monoisotopic (exact) mass is 350 g/mol. The fourth-order valence-electron chi connectivity index (χ4n) is 2.66. The number of piperidine rings is 1. The molecular weight excluding hydrogens is 332 g/mol. The molecule has 128 valence electrons. The summed E-state index contributed by atoms with van der Waals surface area (Å²) in [6.45, 7) is 1.54. The smallest absolute Gasteiger partial charge is 0.325 e. The number of carbonyl (C=O) groups excluding carboxylic acids is 3. The number of anilines is 1. The second-order valence-electron chi connectivity index (χ2n) is 5.57. The minimum absolute atomic E-state index is 0.239. The van der Waals surface area contributed by atoms with Gasteiger partial charge in [-0.1, -0.05) is 0 Å². The van der Waals surface area contributed by atoms with Gasteiger partial charge in [0.15, 0.2) is 5.88 Å². The van der Waals surface area contributed by atoms with Gasteiger partial charge in [-0.15, -0.1) is 0 Å². The van der Waals surface area contributed by atoms with Crippen molar-refractivity contribution in [2.75, 3.05) is 31.6 Å². The Labute approximate surface area is 143 Å². The van der Waals surface area contributed by atoms with Crippen LogP contribution in [0.5, 0.6) is 0 Å². The molecule has 0 spiro atoms. The molecule has 8 heteroatoms. The quantitative estimate of drug-likeness (QED) is 0.609. The molecule has 0 aromatic carbocycles. The Morgan fingerprint density at radius 1 is 1.29 bits per heavy atom. The van der Waals surface area contributed by atoms with Crippen molar-refractivity contribution < 1.29 is 23.5 Å². The Kier molecular flexibility index (Phi) is 4.94. The van der Waals surface area contributed by atoms with Crippen LogP contribution in [0, 0.1) is 0 Å².